The largest absolute Gasteiger partial charge is 0.494 e. The number of benzene rings is 2. The van der Waals surface area contributed by atoms with E-state index in [1.54, 1.807) is 12.1 Å². The molecule has 0 spiro atoms. The molecule has 0 aliphatic heterocycles. The zero-order chi connectivity index (χ0) is 15.1. The smallest absolute Gasteiger partial charge is 0.165 e. The van der Waals surface area contributed by atoms with Crippen molar-refractivity contribution in [3.05, 3.63) is 53.8 Å². The highest BCUT2D eigenvalue weighted by Crippen LogP contribution is 2.22. The van der Waals surface area contributed by atoms with Crippen LogP contribution in [0.1, 0.15) is 18.9 Å². The van der Waals surface area contributed by atoms with E-state index in [0.29, 0.717) is 6.54 Å². The molecule has 2 rings (SSSR count). The lowest BCUT2D eigenvalue weighted by atomic mass is 10.2. The maximum atomic E-state index is 13.3. The Balaban J connectivity index is 1.93. The van der Waals surface area contributed by atoms with Gasteiger partial charge in [-0.05, 0) is 36.2 Å². The van der Waals surface area contributed by atoms with Gasteiger partial charge in [-0.1, -0.05) is 19.1 Å². The topological polar surface area (TPSA) is 30.5 Å². The second-order valence-corrected chi connectivity index (χ2v) is 4.70. The van der Waals surface area contributed by atoms with Gasteiger partial charge in [-0.25, -0.2) is 4.39 Å². The highest BCUT2D eigenvalue weighted by atomic mass is 19.1. The molecule has 21 heavy (non-hydrogen) atoms. The lowest BCUT2D eigenvalue weighted by Gasteiger charge is -2.10. The molecule has 0 atom stereocenters. The molecule has 0 aliphatic rings. The van der Waals surface area contributed by atoms with E-state index in [4.69, 9.17) is 9.47 Å². The summed E-state index contributed by atoms with van der Waals surface area (Å²) in [6, 6.07) is 12.7. The second kappa shape index (κ2) is 7.53. The fourth-order valence-electron chi connectivity index (χ4n) is 1.90. The van der Waals surface area contributed by atoms with Gasteiger partial charge in [0, 0.05) is 18.3 Å². The predicted octanol–water partition coefficient (Wildman–Crippen LogP) is 4.24. The number of halogens is 1. The van der Waals surface area contributed by atoms with Crippen LogP contribution in [0, 0.1) is 5.82 Å². The van der Waals surface area contributed by atoms with Crippen molar-refractivity contribution >= 4 is 5.69 Å². The Hall–Kier alpha value is -2.23. The van der Waals surface area contributed by atoms with Crippen molar-refractivity contribution in [1.29, 1.82) is 0 Å². The Morgan fingerprint density at radius 2 is 1.86 bits per heavy atom. The number of ether oxygens (including phenoxy) is 2. The van der Waals surface area contributed by atoms with E-state index in [0.717, 1.165) is 30.0 Å². The van der Waals surface area contributed by atoms with Crippen molar-refractivity contribution < 1.29 is 13.9 Å². The van der Waals surface area contributed by atoms with Gasteiger partial charge in [0.1, 0.15) is 5.75 Å². The zero-order valence-electron chi connectivity index (χ0n) is 12.4. The van der Waals surface area contributed by atoms with Gasteiger partial charge in [-0.3, -0.25) is 0 Å². The molecule has 2 aromatic carbocycles. The lowest BCUT2D eigenvalue weighted by molar-refractivity contribution is 0.317. The maximum absolute atomic E-state index is 13.3. The fraction of sp³-hybridized carbons (Fsp3) is 0.294. The monoisotopic (exact) mass is 289 g/mol. The number of rotatable bonds is 7. The van der Waals surface area contributed by atoms with E-state index >= 15 is 0 Å². The average molecular weight is 289 g/mol. The highest BCUT2D eigenvalue weighted by molar-refractivity contribution is 5.49. The quantitative estimate of drug-likeness (QED) is 0.827. The van der Waals surface area contributed by atoms with Crippen molar-refractivity contribution in [2.75, 3.05) is 19.0 Å². The predicted molar refractivity (Wildman–Crippen MR) is 82.5 cm³/mol. The molecule has 0 aliphatic carbocycles. The molecule has 0 saturated heterocycles. The summed E-state index contributed by atoms with van der Waals surface area (Å²) in [4.78, 5) is 0. The van der Waals surface area contributed by atoms with Crippen LogP contribution in [0.15, 0.2) is 42.5 Å². The Morgan fingerprint density at radius 1 is 1.10 bits per heavy atom. The number of anilines is 1. The molecule has 4 heteroatoms. The van der Waals surface area contributed by atoms with Gasteiger partial charge < -0.3 is 14.8 Å². The average Bonchev–Trinajstić information content (AvgIpc) is 2.53. The molecular weight excluding hydrogens is 269 g/mol. The van der Waals surface area contributed by atoms with Crippen molar-refractivity contribution in [2.24, 2.45) is 0 Å². The third kappa shape index (κ3) is 4.38. The van der Waals surface area contributed by atoms with Crippen LogP contribution in [0.5, 0.6) is 11.5 Å². The van der Waals surface area contributed by atoms with E-state index < -0.39 is 0 Å². The summed E-state index contributed by atoms with van der Waals surface area (Å²) in [6.45, 7) is 3.46. The normalized spacial score (nSPS) is 10.2. The molecule has 0 unspecified atom stereocenters. The standard InChI is InChI=1S/C17H20FNO2/c1-3-10-21-15-7-4-13(5-8-15)12-19-14-6-9-16(18)17(11-14)20-2/h4-9,11,19H,3,10,12H2,1-2H3. The molecule has 0 heterocycles. The molecule has 0 amide bonds. The lowest BCUT2D eigenvalue weighted by Crippen LogP contribution is -2.01. The number of nitrogens with one attached hydrogen (secondary N) is 1. The van der Waals surface area contributed by atoms with Gasteiger partial charge in [0.25, 0.3) is 0 Å². The summed E-state index contributed by atoms with van der Waals surface area (Å²) in [5.74, 6) is 0.757. The van der Waals surface area contributed by atoms with Crippen LogP contribution in [0.2, 0.25) is 0 Å². The molecule has 0 aromatic heterocycles. The van der Waals surface area contributed by atoms with E-state index in [1.807, 2.05) is 24.3 Å². The van der Waals surface area contributed by atoms with Gasteiger partial charge in [0.2, 0.25) is 0 Å². The van der Waals surface area contributed by atoms with Crippen LogP contribution in [-0.2, 0) is 6.54 Å². The minimum Gasteiger partial charge on any atom is -0.494 e. The maximum Gasteiger partial charge on any atom is 0.165 e. The third-order valence-corrected chi connectivity index (χ3v) is 3.04. The van der Waals surface area contributed by atoms with Gasteiger partial charge in [-0.15, -0.1) is 0 Å². The summed E-state index contributed by atoms with van der Waals surface area (Å²) in [7, 11) is 1.46. The van der Waals surface area contributed by atoms with E-state index in [2.05, 4.69) is 12.2 Å². The summed E-state index contributed by atoms with van der Waals surface area (Å²) >= 11 is 0. The van der Waals surface area contributed by atoms with Crippen molar-refractivity contribution in [3.8, 4) is 11.5 Å². The van der Waals surface area contributed by atoms with Gasteiger partial charge in [-0.2, -0.15) is 0 Å². The summed E-state index contributed by atoms with van der Waals surface area (Å²) in [5.41, 5.74) is 1.95. The summed E-state index contributed by atoms with van der Waals surface area (Å²) < 4.78 is 23.8. The van der Waals surface area contributed by atoms with Crippen molar-refractivity contribution in [1.82, 2.24) is 0 Å². The van der Waals surface area contributed by atoms with Crippen LogP contribution in [0.3, 0.4) is 0 Å². The van der Waals surface area contributed by atoms with Gasteiger partial charge in [0.05, 0.1) is 13.7 Å². The summed E-state index contributed by atoms with van der Waals surface area (Å²) in [6.07, 6.45) is 0.996. The number of methoxy groups -OCH3 is 1. The first kappa shape index (κ1) is 15.2. The second-order valence-electron chi connectivity index (χ2n) is 4.70. The van der Waals surface area contributed by atoms with Crippen LogP contribution < -0.4 is 14.8 Å². The molecule has 0 fully saturated rings. The van der Waals surface area contributed by atoms with E-state index in [9.17, 15) is 4.39 Å². The van der Waals surface area contributed by atoms with Crippen molar-refractivity contribution in [2.45, 2.75) is 19.9 Å². The summed E-state index contributed by atoms with van der Waals surface area (Å²) in [5, 5.41) is 3.24. The number of hydrogen-bond acceptors (Lipinski definition) is 3. The van der Waals surface area contributed by atoms with Crippen molar-refractivity contribution in [3.63, 3.8) is 0 Å². The molecular formula is C17H20FNO2. The minimum atomic E-state index is -0.361. The fourth-order valence-corrected chi connectivity index (χ4v) is 1.90. The molecule has 112 valence electrons. The zero-order valence-corrected chi connectivity index (χ0v) is 12.4. The first-order chi connectivity index (χ1) is 10.2. The minimum absolute atomic E-state index is 0.239. The Labute approximate surface area is 124 Å². The molecule has 2 aromatic rings. The Kier molecular flexibility index (Phi) is 5.43. The molecule has 3 nitrogen and oxygen atoms in total. The number of hydrogen-bond donors (Lipinski definition) is 1. The molecule has 0 radical (unpaired) electrons. The van der Waals surface area contributed by atoms with E-state index in [1.165, 1.54) is 13.2 Å². The van der Waals surface area contributed by atoms with Crippen LogP contribution in [0.25, 0.3) is 0 Å². The van der Waals surface area contributed by atoms with E-state index in [-0.39, 0.29) is 11.6 Å². The molecule has 1 N–H and O–H groups in total. The first-order valence-electron chi connectivity index (χ1n) is 7.02. The first-order valence-corrected chi connectivity index (χ1v) is 7.02. The van der Waals surface area contributed by atoms with Gasteiger partial charge in [0.15, 0.2) is 11.6 Å². The third-order valence-electron chi connectivity index (χ3n) is 3.04. The SMILES string of the molecule is CCCOc1ccc(CNc2ccc(F)c(OC)c2)cc1. The van der Waals surface area contributed by atoms with Crippen LogP contribution in [-0.4, -0.2) is 13.7 Å². The van der Waals surface area contributed by atoms with Gasteiger partial charge >= 0.3 is 0 Å². The molecule has 0 bridgehead atoms. The highest BCUT2D eigenvalue weighted by Gasteiger charge is 2.03. The molecule has 0 saturated carbocycles. The Bertz CT molecular complexity index is 570. The Morgan fingerprint density at radius 3 is 2.52 bits per heavy atom. The van der Waals surface area contributed by atoms with Crippen LogP contribution in [0.4, 0.5) is 10.1 Å². The van der Waals surface area contributed by atoms with Crippen LogP contribution >= 0.6 is 0 Å².